The summed E-state index contributed by atoms with van der Waals surface area (Å²) in [6, 6.07) is 20.3. The summed E-state index contributed by atoms with van der Waals surface area (Å²) in [5.74, 6) is 1.22. The van der Waals surface area contributed by atoms with Gasteiger partial charge in [0.1, 0.15) is 22.9 Å². The van der Waals surface area contributed by atoms with E-state index in [0.717, 1.165) is 11.3 Å². The van der Waals surface area contributed by atoms with E-state index in [1.165, 1.54) is 14.2 Å². The zero-order valence-electron chi connectivity index (χ0n) is 24.7. The van der Waals surface area contributed by atoms with Crippen LogP contribution in [0.1, 0.15) is 33.5 Å². The highest BCUT2D eigenvalue weighted by Crippen LogP contribution is 2.44. The van der Waals surface area contributed by atoms with Crippen LogP contribution in [0.4, 0.5) is 0 Å². The van der Waals surface area contributed by atoms with Crippen LogP contribution >= 0.6 is 0 Å². The molecule has 0 aliphatic heterocycles. The van der Waals surface area contributed by atoms with Crippen molar-refractivity contribution in [3.63, 3.8) is 0 Å². The van der Waals surface area contributed by atoms with E-state index in [1.54, 1.807) is 57.1 Å². The molecule has 0 radical (unpaired) electrons. The number of carbonyl (C=O) groups excluding carboxylic acids is 2. The summed E-state index contributed by atoms with van der Waals surface area (Å²) in [6.07, 6.45) is 0.516. The molecule has 9 nitrogen and oxygen atoms in total. The molecular weight excluding hydrogens is 538 g/mol. The summed E-state index contributed by atoms with van der Waals surface area (Å²) in [5.41, 5.74) is 3.80. The lowest BCUT2D eigenvalue weighted by Gasteiger charge is -2.14. The zero-order chi connectivity index (χ0) is 30.2. The van der Waals surface area contributed by atoms with E-state index in [0.29, 0.717) is 52.5 Å². The lowest BCUT2D eigenvalue weighted by Crippen LogP contribution is -2.19. The molecule has 0 fully saturated rings. The first kappa shape index (κ1) is 30.0. The Morgan fingerprint density at radius 3 is 1.74 bits per heavy atom. The highest BCUT2D eigenvalue weighted by atomic mass is 16.5. The number of nitrogens with zero attached hydrogens (tertiary/aromatic N) is 1. The lowest BCUT2D eigenvalue weighted by atomic mass is 9.94. The number of hydrogen-bond donors (Lipinski definition) is 0. The second-order valence-electron chi connectivity index (χ2n) is 9.21. The lowest BCUT2D eigenvalue weighted by molar-refractivity contribution is 0.0513. The average molecular weight is 574 g/mol. The molecule has 1 heterocycles. The van der Waals surface area contributed by atoms with E-state index in [2.05, 4.69) is 0 Å². The van der Waals surface area contributed by atoms with Gasteiger partial charge in [-0.1, -0.05) is 30.3 Å². The van der Waals surface area contributed by atoms with Crippen LogP contribution in [-0.4, -0.2) is 58.7 Å². The Hall–Kier alpha value is -4.92. The van der Waals surface area contributed by atoms with Crippen LogP contribution in [-0.2, 0) is 22.4 Å². The number of methoxy groups -OCH3 is 5. The number of hydrogen-bond acceptors (Lipinski definition) is 8. The topological polar surface area (TPSA) is 94.5 Å². The van der Waals surface area contributed by atoms with Gasteiger partial charge in [0.05, 0.1) is 42.2 Å². The molecule has 42 heavy (non-hydrogen) atoms. The number of carbonyl (C=O) groups is 2. The molecule has 220 valence electrons. The maximum absolute atomic E-state index is 13.7. The third-order valence-electron chi connectivity index (χ3n) is 6.95. The molecule has 0 aliphatic rings. The van der Waals surface area contributed by atoms with Gasteiger partial charge in [-0.3, -0.25) is 0 Å². The van der Waals surface area contributed by atoms with Crippen LogP contribution in [0.25, 0.3) is 22.3 Å². The largest absolute Gasteiger partial charge is 0.497 e. The zero-order valence-corrected chi connectivity index (χ0v) is 24.7. The summed E-state index contributed by atoms with van der Waals surface area (Å²) >= 11 is 0. The fourth-order valence-electron chi connectivity index (χ4n) is 4.91. The molecule has 0 spiro atoms. The summed E-state index contributed by atoms with van der Waals surface area (Å²) in [5, 5.41) is 0. The van der Waals surface area contributed by atoms with Crippen molar-refractivity contribution in [1.29, 1.82) is 0 Å². The van der Waals surface area contributed by atoms with E-state index in [4.69, 9.17) is 28.4 Å². The van der Waals surface area contributed by atoms with Gasteiger partial charge in [-0.25, -0.2) is 9.59 Å². The van der Waals surface area contributed by atoms with E-state index < -0.39 is 11.9 Å². The van der Waals surface area contributed by atoms with Crippen LogP contribution in [0.2, 0.25) is 0 Å². The van der Waals surface area contributed by atoms with Gasteiger partial charge in [0, 0.05) is 17.7 Å². The second kappa shape index (κ2) is 13.6. The van der Waals surface area contributed by atoms with E-state index in [-0.39, 0.29) is 18.0 Å². The van der Waals surface area contributed by atoms with Gasteiger partial charge in [-0.15, -0.1) is 0 Å². The van der Waals surface area contributed by atoms with Gasteiger partial charge >= 0.3 is 11.9 Å². The van der Waals surface area contributed by atoms with Gasteiger partial charge in [-0.05, 0) is 66.4 Å². The van der Waals surface area contributed by atoms with Crippen LogP contribution in [0.5, 0.6) is 23.0 Å². The van der Waals surface area contributed by atoms with Crippen molar-refractivity contribution in [1.82, 2.24) is 4.57 Å². The SMILES string of the molecule is CCOC(=O)c1c(-c2ccc(OC)cc2)c(-c2ccc(OC)c(OC)c2)c(C(=O)OC)n1CCc1ccc(OC)cc1. The molecule has 0 saturated heterocycles. The summed E-state index contributed by atoms with van der Waals surface area (Å²) in [6.45, 7) is 2.19. The molecule has 0 bridgehead atoms. The van der Waals surface area contributed by atoms with Crippen molar-refractivity contribution in [2.75, 3.05) is 42.2 Å². The number of aromatic nitrogens is 1. The van der Waals surface area contributed by atoms with Gasteiger partial charge in [0.15, 0.2) is 11.5 Å². The predicted octanol–water partition coefficient (Wildman–Crippen LogP) is 6.06. The molecule has 0 saturated carbocycles. The van der Waals surface area contributed by atoms with Crippen molar-refractivity contribution in [2.45, 2.75) is 19.9 Å². The third kappa shape index (κ3) is 6.05. The first-order valence-corrected chi connectivity index (χ1v) is 13.4. The first-order chi connectivity index (χ1) is 20.4. The minimum absolute atomic E-state index is 0.157. The van der Waals surface area contributed by atoms with Gasteiger partial charge < -0.3 is 33.0 Å². The Morgan fingerprint density at radius 2 is 1.19 bits per heavy atom. The molecule has 0 atom stereocenters. The molecule has 4 aromatic rings. The summed E-state index contributed by atoms with van der Waals surface area (Å²) in [7, 11) is 7.60. The molecule has 3 aromatic carbocycles. The minimum Gasteiger partial charge on any atom is -0.497 e. The van der Waals surface area contributed by atoms with Crippen LogP contribution in [0, 0.1) is 0 Å². The monoisotopic (exact) mass is 573 g/mol. The van der Waals surface area contributed by atoms with Crippen LogP contribution in [0.15, 0.2) is 66.7 Å². The number of rotatable bonds is 12. The van der Waals surface area contributed by atoms with Gasteiger partial charge in [-0.2, -0.15) is 0 Å². The maximum atomic E-state index is 13.7. The van der Waals surface area contributed by atoms with Crippen molar-refractivity contribution >= 4 is 11.9 Å². The number of ether oxygens (including phenoxy) is 6. The van der Waals surface area contributed by atoms with Gasteiger partial charge in [0.2, 0.25) is 0 Å². The standard InChI is InChI=1S/C33H35NO8/c1-7-42-33(36)31-28(22-10-15-25(38-3)16-11-22)29(23-12-17-26(39-4)27(20-23)40-5)30(32(35)41-6)34(31)19-18-21-8-13-24(37-2)14-9-21/h8-17,20H,7,18-19H2,1-6H3. The number of aryl methyl sites for hydroxylation is 1. The Kier molecular flexibility index (Phi) is 9.75. The molecular formula is C33H35NO8. The normalized spacial score (nSPS) is 10.6. The Morgan fingerprint density at radius 1 is 0.643 bits per heavy atom. The van der Waals surface area contributed by atoms with Crippen LogP contribution in [0.3, 0.4) is 0 Å². The summed E-state index contributed by atoms with van der Waals surface area (Å²) < 4.78 is 34.2. The third-order valence-corrected chi connectivity index (χ3v) is 6.95. The first-order valence-electron chi connectivity index (χ1n) is 13.4. The Bertz CT molecular complexity index is 1540. The molecule has 0 unspecified atom stereocenters. The maximum Gasteiger partial charge on any atom is 0.355 e. The second-order valence-corrected chi connectivity index (χ2v) is 9.21. The van der Waals surface area contributed by atoms with E-state index >= 15 is 0 Å². The molecule has 1 aromatic heterocycles. The van der Waals surface area contributed by atoms with Crippen molar-refractivity contribution < 1.29 is 38.0 Å². The van der Waals surface area contributed by atoms with E-state index in [9.17, 15) is 9.59 Å². The smallest absolute Gasteiger partial charge is 0.355 e. The molecule has 0 N–H and O–H groups in total. The number of esters is 2. The van der Waals surface area contributed by atoms with Crippen LogP contribution < -0.4 is 18.9 Å². The number of benzene rings is 3. The quantitative estimate of drug-likeness (QED) is 0.189. The fraction of sp³-hybridized carbons (Fsp3) is 0.273. The molecule has 4 rings (SSSR count). The van der Waals surface area contributed by atoms with Crippen molar-refractivity contribution in [3.05, 3.63) is 83.7 Å². The highest BCUT2D eigenvalue weighted by Gasteiger charge is 2.33. The van der Waals surface area contributed by atoms with Crippen molar-refractivity contribution in [2.24, 2.45) is 0 Å². The molecule has 0 amide bonds. The minimum atomic E-state index is -0.597. The average Bonchev–Trinajstić information content (AvgIpc) is 3.38. The van der Waals surface area contributed by atoms with Crippen molar-refractivity contribution in [3.8, 4) is 45.3 Å². The van der Waals surface area contributed by atoms with E-state index in [1.807, 2.05) is 42.5 Å². The molecule has 9 heteroatoms. The van der Waals surface area contributed by atoms with Gasteiger partial charge in [0.25, 0.3) is 0 Å². The highest BCUT2D eigenvalue weighted by molar-refractivity contribution is 6.09. The Labute approximate surface area is 245 Å². The predicted molar refractivity (Wildman–Crippen MR) is 159 cm³/mol. The summed E-state index contributed by atoms with van der Waals surface area (Å²) in [4.78, 5) is 27.3. The molecule has 0 aliphatic carbocycles. The fourth-order valence-corrected chi connectivity index (χ4v) is 4.91. The Balaban J connectivity index is 2.05.